The van der Waals surface area contributed by atoms with Gasteiger partial charge in [0.25, 0.3) is 0 Å². The molecule has 1 aromatic rings. The zero-order chi connectivity index (χ0) is 11.9. The van der Waals surface area contributed by atoms with Gasteiger partial charge >= 0.3 is 0 Å². The summed E-state index contributed by atoms with van der Waals surface area (Å²) in [6.45, 7) is 1.47. The molecular formula is C12H13BrN2OS. The van der Waals surface area contributed by atoms with Crippen molar-refractivity contribution in [3.8, 4) is 0 Å². The van der Waals surface area contributed by atoms with Crippen molar-refractivity contribution in [2.45, 2.75) is 17.2 Å². The number of amidine groups is 1. The molecule has 3 rings (SSSR count). The van der Waals surface area contributed by atoms with E-state index in [9.17, 15) is 0 Å². The summed E-state index contributed by atoms with van der Waals surface area (Å²) in [7, 11) is 0. The molecule has 1 aromatic carbocycles. The van der Waals surface area contributed by atoms with Gasteiger partial charge in [0.1, 0.15) is 5.54 Å². The normalized spacial score (nSPS) is 32.1. The minimum absolute atomic E-state index is 0.184. The molecule has 0 unspecified atom stereocenters. The molecule has 1 saturated heterocycles. The van der Waals surface area contributed by atoms with E-state index in [-0.39, 0.29) is 5.54 Å². The van der Waals surface area contributed by atoms with Gasteiger partial charge in [0.2, 0.25) is 0 Å². The van der Waals surface area contributed by atoms with Crippen molar-refractivity contribution in [2.24, 2.45) is 10.7 Å². The quantitative estimate of drug-likeness (QED) is 0.866. The highest BCUT2D eigenvalue weighted by molar-refractivity contribution is 9.10. The second-order valence-corrected chi connectivity index (χ2v) is 6.45. The number of fused-ring (bicyclic) bond motifs is 1. The lowest BCUT2D eigenvalue weighted by Crippen LogP contribution is -2.41. The van der Waals surface area contributed by atoms with Crippen molar-refractivity contribution in [2.75, 3.05) is 13.2 Å². The molecule has 90 valence electrons. The lowest BCUT2D eigenvalue weighted by molar-refractivity contribution is 0.0611. The average Bonchev–Trinajstić information content (AvgIpc) is 2.66. The van der Waals surface area contributed by atoms with Crippen molar-refractivity contribution < 1.29 is 4.74 Å². The molecule has 2 heterocycles. The van der Waals surface area contributed by atoms with Crippen molar-refractivity contribution in [3.63, 3.8) is 0 Å². The maximum absolute atomic E-state index is 5.90. The lowest BCUT2D eigenvalue weighted by atomic mass is 9.83. The molecule has 2 atom stereocenters. The summed E-state index contributed by atoms with van der Waals surface area (Å²) in [5.41, 5.74) is 6.95. The Balaban J connectivity index is 2.08. The van der Waals surface area contributed by atoms with E-state index in [2.05, 4.69) is 34.1 Å². The smallest absolute Gasteiger partial charge is 0.155 e. The molecule has 2 aliphatic heterocycles. The fourth-order valence-electron chi connectivity index (χ4n) is 2.50. The van der Waals surface area contributed by atoms with E-state index in [1.54, 1.807) is 11.8 Å². The van der Waals surface area contributed by atoms with Crippen LogP contribution in [0.4, 0.5) is 0 Å². The monoisotopic (exact) mass is 312 g/mol. The van der Waals surface area contributed by atoms with Crippen LogP contribution >= 0.6 is 27.7 Å². The van der Waals surface area contributed by atoms with Crippen molar-refractivity contribution in [1.29, 1.82) is 0 Å². The first-order valence-corrected chi connectivity index (χ1v) is 7.24. The first kappa shape index (κ1) is 11.6. The third-order valence-electron chi connectivity index (χ3n) is 3.33. The average molecular weight is 313 g/mol. The van der Waals surface area contributed by atoms with Gasteiger partial charge in [-0.2, -0.15) is 0 Å². The van der Waals surface area contributed by atoms with Crippen LogP contribution in [0.5, 0.6) is 0 Å². The Morgan fingerprint density at radius 1 is 1.53 bits per heavy atom. The van der Waals surface area contributed by atoms with Crippen LogP contribution in [-0.4, -0.2) is 23.6 Å². The fourth-order valence-corrected chi connectivity index (χ4v) is 4.07. The standard InChI is InChI=1S/C12H13BrN2OS/c13-9-3-1-2-8(6-9)12-4-5-16-7-10(12)17-11(14)15-12/h1-3,6,10H,4-5,7H2,(H2,14,15)/t10-,12+/m1/s1. The van der Waals surface area contributed by atoms with Crippen LogP contribution in [0, 0.1) is 0 Å². The van der Waals surface area contributed by atoms with Crippen molar-refractivity contribution >= 4 is 32.9 Å². The second-order valence-electron chi connectivity index (χ2n) is 4.32. The molecule has 0 spiro atoms. The summed E-state index contributed by atoms with van der Waals surface area (Å²) in [5, 5.41) is 0.992. The Labute approximate surface area is 113 Å². The number of benzene rings is 1. The third kappa shape index (κ3) is 1.90. The maximum Gasteiger partial charge on any atom is 0.155 e. The van der Waals surface area contributed by atoms with Crippen LogP contribution in [0.15, 0.2) is 33.7 Å². The van der Waals surface area contributed by atoms with Gasteiger partial charge in [-0.25, -0.2) is 4.99 Å². The molecule has 2 aliphatic rings. The number of rotatable bonds is 1. The Kier molecular flexibility index (Phi) is 2.92. The molecular weight excluding hydrogens is 300 g/mol. The number of halogens is 1. The predicted molar refractivity (Wildman–Crippen MR) is 74.3 cm³/mol. The topological polar surface area (TPSA) is 47.6 Å². The third-order valence-corrected chi connectivity index (χ3v) is 4.96. The highest BCUT2D eigenvalue weighted by Gasteiger charge is 2.47. The zero-order valence-corrected chi connectivity index (χ0v) is 11.6. The largest absolute Gasteiger partial charge is 0.380 e. The number of nitrogens with two attached hydrogens (primary N) is 1. The number of thioether (sulfide) groups is 1. The number of hydrogen-bond acceptors (Lipinski definition) is 4. The SMILES string of the molecule is NC1=N[C@]2(c3cccc(Br)c3)CCOC[C@H]2S1. The zero-order valence-electron chi connectivity index (χ0n) is 9.23. The number of nitrogens with zero attached hydrogens (tertiary/aromatic N) is 1. The molecule has 1 fully saturated rings. The van der Waals surface area contributed by atoms with Gasteiger partial charge in [-0.15, -0.1) is 0 Å². The van der Waals surface area contributed by atoms with Gasteiger partial charge in [-0.1, -0.05) is 39.8 Å². The first-order chi connectivity index (χ1) is 8.21. The summed E-state index contributed by atoms with van der Waals surface area (Å²) in [5.74, 6) is 0. The van der Waals surface area contributed by atoms with E-state index < -0.39 is 0 Å². The highest BCUT2D eigenvalue weighted by atomic mass is 79.9. The van der Waals surface area contributed by atoms with Gasteiger partial charge in [-0.3, -0.25) is 0 Å². The summed E-state index contributed by atoms with van der Waals surface area (Å²) in [4.78, 5) is 4.71. The van der Waals surface area contributed by atoms with Gasteiger partial charge in [0, 0.05) is 17.5 Å². The molecule has 0 bridgehead atoms. The molecule has 3 nitrogen and oxygen atoms in total. The predicted octanol–water partition coefficient (Wildman–Crippen LogP) is 2.49. The minimum Gasteiger partial charge on any atom is -0.380 e. The number of aliphatic imine (C=N–C) groups is 1. The molecule has 5 heteroatoms. The molecule has 0 saturated carbocycles. The van der Waals surface area contributed by atoms with Crippen LogP contribution < -0.4 is 5.73 Å². The van der Waals surface area contributed by atoms with E-state index in [1.807, 2.05) is 6.07 Å². The van der Waals surface area contributed by atoms with Crippen LogP contribution in [0.1, 0.15) is 12.0 Å². The number of ether oxygens (including phenoxy) is 1. The van der Waals surface area contributed by atoms with Crippen molar-refractivity contribution in [3.05, 3.63) is 34.3 Å². The van der Waals surface area contributed by atoms with Gasteiger partial charge in [0.05, 0.1) is 11.9 Å². The summed E-state index contributed by atoms with van der Waals surface area (Å²) in [6, 6.07) is 8.35. The van der Waals surface area contributed by atoms with Crippen LogP contribution in [0.25, 0.3) is 0 Å². The van der Waals surface area contributed by atoms with Crippen molar-refractivity contribution in [1.82, 2.24) is 0 Å². The summed E-state index contributed by atoms with van der Waals surface area (Å²) < 4.78 is 6.63. The van der Waals surface area contributed by atoms with Gasteiger partial charge < -0.3 is 10.5 Å². The van der Waals surface area contributed by atoms with E-state index in [0.29, 0.717) is 10.4 Å². The number of hydrogen-bond donors (Lipinski definition) is 1. The molecule has 17 heavy (non-hydrogen) atoms. The molecule has 0 aromatic heterocycles. The van der Waals surface area contributed by atoms with Gasteiger partial charge in [-0.05, 0) is 17.7 Å². The highest BCUT2D eigenvalue weighted by Crippen LogP contribution is 2.47. The Hall–Kier alpha value is -0.520. The van der Waals surface area contributed by atoms with Crippen LogP contribution in [0.3, 0.4) is 0 Å². The first-order valence-electron chi connectivity index (χ1n) is 5.56. The maximum atomic E-state index is 5.90. The Bertz CT molecular complexity index is 479. The van der Waals surface area contributed by atoms with Crippen LogP contribution in [-0.2, 0) is 10.3 Å². The van der Waals surface area contributed by atoms with E-state index >= 15 is 0 Å². The summed E-state index contributed by atoms with van der Waals surface area (Å²) >= 11 is 5.16. The molecule has 0 radical (unpaired) electrons. The molecule has 0 amide bonds. The van der Waals surface area contributed by atoms with Gasteiger partial charge in [0.15, 0.2) is 5.17 Å². The minimum atomic E-state index is -0.184. The Morgan fingerprint density at radius 2 is 2.41 bits per heavy atom. The van der Waals surface area contributed by atoms with Crippen LogP contribution in [0.2, 0.25) is 0 Å². The Morgan fingerprint density at radius 3 is 3.24 bits per heavy atom. The summed E-state index contributed by atoms with van der Waals surface area (Å²) in [6.07, 6.45) is 0.905. The van der Waals surface area contributed by atoms with E-state index in [4.69, 9.17) is 15.5 Å². The lowest BCUT2D eigenvalue weighted by Gasteiger charge is -2.36. The fraction of sp³-hybridized carbons (Fsp3) is 0.417. The second kappa shape index (κ2) is 4.30. The molecule has 2 N–H and O–H groups in total. The van der Waals surface area contributed by atoms with E-state index in [1.165, 1.54) is 5.56 Å². The molecule has 0 aliphatic carbocycles. The van der Waals surface area contributed by atoms with E-state index in [0.717, 1.165) is 24.1 Å².